The highest BCUT2D eigenvalue weighted by Crippen LogP contribution is 2.37. The van der Waals surface area contributed by atoms with Crippen molar-refractivity contribution in [2.45, 2.75) is 39.5 Å². The summed E-state index contributed by atoms with van der Waals surface area (Å²) in [7, 11) is 0. The molecular formula is C19H32Cl2N4O. The summed E-state index contributed by atoms with van der Waals surface area (Å²) < 4.78 is 0. The standard InChI is InChI=1S/C19H30N4O.2ClH/c1-3-11-22(4-2)17-6-5-16(14-21-17)18(24)23-12-8-19(9-13-23)7-10-20-15-19;;/h5-6,14,20H,3-4,7-13,15H2,1-2H3;2*1H. The summed E-state index contributed by atoms with van der Waals surface area (Å²) >= 11 is 0. The second kappa shape index (κ2) is 10.3. The van der Waals surface area contributed by atoms with Crippen LogP contribution in [0.1, 0.15) is 49.9 Å². The fourth-order valence-corrected chi connectivity index (χ4v) is 3.99. The molecule has 0 atom stereocenters. The van der Waals surface area contributed by atoms with Crippen molar-refractivity contribution in [1.82, 2.24) is 15.2 Å². The molecule has 3 rings (SSSR count). The fraction of sp³-hybridized carbons (Fsp3) is 0.684. The number of pyridine rings is 1. The van der Waals surface area contributed by atoms with Crippen LogP contribution in [0.15, 0.2) is 18.3 Å². The molecule has 0 radical (unpaired) electrons. The third-order valence-corrected chi connectivity index (χ3v) is 5.64. The lowest BCUT2D eigenvalue weighted by Crippen LogP contribution is -2.44. The molecule has 1 spiro atoms. The highest BCUT2D eigenvalue weighted by molar-refractivity contribution is 5.94. The normalized spacial score (nSPS) is 18.2. The van der Waals surface area contributed by atoms with Crippen LogP contribution in [0.3, 0.4) is 0 Å². The first-order chi connectivity index (χ1) is 11.7. The SMILES string of the molecule is CCCN(CC)c1ccc(C(=O)N2CCC3(CCNC3)CC2)cn1.Cl.Cl. The lowest BCUT2D eigenvalue weighted by Gasteiger charge is -2.38. The average Bonchev–Trinajstić information content (AvgIpc) is 3.08. The summed E-state index contributed by atoms with van der Waals surface area (Å²) in [4.78, 5) is 21.5. The molecule has 7 heteroatoms. The summed E-state index contributed by atoms with van der Waals surface area (Å²) in [6.45, 7) is 10.2. The van der Waals surface area contributed by atoms with Gasteiger partial charge in [0.2, 0.25) is 0 Å². The Labute approximate surface area is 169 Å². The summed E-state index contributed by atoms with van der Waals surface area (Å²) in [5.41, 5.74) is 1.16. The van der Waals surface area contributed by atoms with Crippen LogP contribution >= 0.6 is 24.8 Å². The van der Waals surface area contributed by atoms with Gasteiger partial charge in [-0.15, -0.1) is 24.8 Å². The number of hydrogen-bond donors (Lipinski definition) is 1. The van der Waals surface area contributed by atoms with Crippen LogP contribution in [0.25, 0.3) is 0 Å². The molecule has 2 aliphatic rings. The van der Waals surface area contributed by atoms with Gasteiger partial charge in [-0.2, -0.15) is 0 Å². The third kappa shape index (κ3) is 5.02. The number of hydrogen-bond acceptors (Lipinski definition) is 4. The fourth-order valence-electron chi connectivity index (χ4n) is 3.99. The van der Waals surface area contributed by atoms with Crippen LogP contribution in [0.5, 0.6) is 0 Å². The summed E-state index contributed by atoms with van der Waals surface area (Å²) in [6.07, 6.45) is 6.35. The Morgan fingerprint density at radius 2 is 1.96 bits per heavy atom. The van der Waals surface area contributed by atoms with Crippen molar-refractivity contribution < 1.29 is 4.79 Å². The topological polar surface area (TPSA) is 48.5 Å². The van der Waals surface area contributed by atoms with Crippen LogP contribution in [-0.4, -0.2) is 55.1 Å². The number of amides is 1. The van der Waals surface area contributed by atoms with Gasteiger partial charge in [0.15, 0.2) is 0 Å². The first kappa shape index (κ1) is 23.0. The molecular weight excluding hydrogens is 371 g/mol. The van der Waals surface area contributed by atoms with Gasteiger partial charge in [-0.05, 0) is 56.7 Å². The van der Waals surface area contributed by atoms with Crippen molar-refractivity contribution in [1.29, 1.82) is 0 Å². The molecule has 2 fully saturated rings. The van der Waals surface area contributed by atoms with E-state index < -0.39 is 0 Å². The van der Waals surface area contributed by atoms with Crippen molar-refractivity contribution in [3.8, 4) is 0 Å². The number of nitrogens with zero attached hydrogens (tertiary/aromatic N) is 3. The first-order valence-corrected chi connectivity index (χ1v) is 9.38. The molecule has 148 valence electrons. The number of carbonyl (C=O) groups excluding carboxylic acids is 1. The average molecular weight is 403 g/mol. The molecule has 2 saturated heterocycles. The monoisotopic (exact) mass is 402 g/mol. The molecule has 1 aromatic heterocycles. The summed E-state index contributed by atoms with van der Waals surface area (Å²) in [6, 6.07) is 3.92. The van der Waals surface area contributed by atoms with E-state index in [-0.39, 0.29) is 30.7 Å². The third-order valence-electron chi connectivity index (χ3n) is 5.64. The van der Waals surface area contributed by atoms with Gasteiger partial charge in [-0.3, -0.25) is 4.79 Å². The van der Waals surface area contributed by atoms with Crippen molar-refractivity contribution in [3.63, 3.8) is 0 Å². The highest BCUT2D eigenvalue weighted by Gasteiger charge is 2.38. The second-order valence-electron chi connectivity index (χ2n) is 7.20. The molecule has 0 bridgehead atoms. The molecule has 2 aliphatic heterocycles. The Bertz CT molecular complexity index is 551. The molecule has 26 heavy (non-hydrogen) atoms. The largest absolute Gasteiger partial charge is 0.357 e. The van der Waals surface area contributed by atoms with Gasteiger partial charge in [-0.25, -0.2) is 4.98 Å². The van der Waals surface area contributed by atoms with Crippen molar-refractivity contribution in [3.05, 3.63) is 23.9 Å². The van der Waals surface area contributed by atoms with Gasteiger partial charge in [-0.1, -0.05) is 6.92 Å². The van der Waals surface area contributed by atoms with Gasteiger partial charge >= 0.3 is 0 Å². The van der Waals surface area contributed by atoms with E-state index >= 15 is 0 Å². The quantitative estimate of drug-likeness (QED) is 0.819. The van der Waals surface area contributed by atoms with Crippen LogP contribution in [0.4, 0.5) is 5.82 Å². The van der Waals surface area contributed by atoms with E-state index in [1.807, 2.05) is 17.0 Å². The van der Waals surface area contributed by atoms with Gasteiger partial charge in [0.25, 0.3) is 5.91 Å². The zero-order valence-corrected chi connectivity index (χ0v) is 17.5. The first-order valence-electron chi connectivity index (χ1n) is 9.38. The maximum Gasteiger partial charge on any atom is 0.255 e. The van der Waals surface area contributed by atoms with Crippen molar-refractivity contribution in [2.24, 2.45) is 5.41 Å². The predicted molar refractivity (Wildman–Crippen MR) is 112 cm³/mol. The van der Waals surface area contributed by atoms with E-state index in [2.05, 4.69) is 29.0 Å². The molecule has 5 nitrogen and oxygen atoms in total. The second-order valence-corrected chi connectivity index (χ2v) is 7.20. The molecule has 0 saturated carbocycles. The number of halogens is 2. The molecule has 0 aromatic carbocycles. The number of nitrogens with one attached hydrogen (secondary N) is 1. The number of anilines is 1. The molecule has 3 heterocycles. The lowest BCUT2D eigenvalue weighted by molar-refractivity contribution is 0.0607. The Balaban J connectivity index is 0.00000169. The van der Waals surface area contributed by atoms with E-state index in [1.54, 1.807) is 6.20 Å². The van der Waals surface area contributed by atoms with Gasteiger partial charge in [0.05, 0.1) is 5.56 Å². The van der Waals surface area contributed by atoms with E-state index in [4.69, 9.17) is 0 Å². The Kier molecular flexibility index (Phi) is 9.14. The highest BCUT2D eigenvalue weighted by atomic mass is 35.5. The van der Waals surface area contributed by atoms with E-state index in [1.165, 1.54) is 6.42 Å². The number of likely N-dealkylation sites (tertiary alicyclic amines) is 1. The van der Waals surface area contributed by atoms with Crippen LogP contribution in [0, 0.1) is 5.41 Å². The predicted octanol–water partition coefficient (Wildman–Crippen LogP) is 3.38. The lowest BCUT2D eigenvalue weighted by atomic mass is 9.78. The van der Waals surface area contributed by atoms with Gasteiger partial charge in [0, 0.05) is 38.9 Å². The number of carbonyl (C=O) groups is 1. The van der Waals surface area contributed by atoms with E-state index in [0.29, 0.717) is 11.0 Å². The van der Waals surface area contributed by atoms with E-state index in [0.717, 1.165) is 64.3 Å². The number of aromatic nitrogens is 1. The summed E-state index contributed by atoms with van der Waals surface area (Å²) in [5, 5.41) is 3.47. The van der Waals surface area contributed by atoms with E-state index in [9.17, 15) is 4.79 Å². The number of piperidine rings is 1. The minimum atomic E-state index is 0. The maximum atomic E-state index is 12.7. The van der Waals surface area contributed by atoms with Crippen molar-refractivity contribution >= 4 is 36.5 Å². The summed E-state index contributed by atoms with van der Waals surface area (Å²) in [5.74, 6) is 1.10. The van der Waals surface area contributed by atoms with Crippen LogP contribution in [-0.2, 0) is 0 Å². The number of rotatable bonds is 5. The Morgan fingerprint density at radius 1 is 1.23 bits per heavy atom. The molecule has 1 amide bonds. The van der Waals surface area contributed by atoms with Crippen LogP contribution in [0.2, 0.25) is 0 Å². The molecule has 0 aliphatic carbocycles. The van der Waals surface area contributed by atoms with Gasteiger partial charge < -0.3 is 15.1 Å². The smallest absolute Gasteiger partial charge is 0.255 e. The molecule has 0 unspecified atom stereocenters. The minimum absolute atomic E-state index is 0. The minimum Gasteiger partial charge on any atom is -0.357 e. The van der Waals surface area contributed by atoms with Crippen molar-refractivity contribution in [2.75, 3.05) is 44.2 Å². The maximum absolute atomic E-state index is 12.7. The molecule has 1 aromatic rings. The Hall–Kier alpha value is -1.04. The van der Waals surface area contributed by atoms with Crippen LogP contribution < -0.4 is 10.2 Å². The van der Waals surface area contributed by atoms with Gasteiger partial charge in [0.1, 0.15) is 5.82 Å². The Morgan fingerprint density at radius 3 is 2.46 bits per heavy atom. The zero-order valence-electron chi connectivity index (χ0n) is 15.9. The zero-order chi connectivity index (χ0) is 17.0. The molecule has 1 N–H and O–H groups in total.